The van der Waals surface area contributed by atoms with Gasteiger partial charge in [0.2, 0.25) is 5.95 Å². The minimum absolute atomic E-state index is 0.345. The number of hydrazine groups is 1. The number of hydrogen-bond donors (Lipinski definition) is 3. The summed E-state index contributed by atoms with van der Waals surface area (Å²) < 4.78 is 12.7. The summed E-state index contributed by atoms with van der Waals surface area (Å²) in [5.41, 5.74) is 7.71. The fraction of sp³-hybridized carbons (Fsp3) is 0.0714. The molecule has 1 amide bonds. The minimum atomic E-state index is -0.579. The molecule has 0 bridgehead atoms. The fourth-order valence-corrected chi connectivity index (χ4v) is 2.44. The summed E-state index contributed by atoms with van der Waals surface area (Å²) in [6.07, 6.45) is 3.01. The van der Waals surface area contributed by atoms with E-state index in [0.717, 1.165) is 16.3 Å². The molecule has 0 atom stereocenters. The smallest absolute Gasteiger partial charge is 0.286 e. The van der Waals surface area contributed by atoms with Crippen molar-refractivity contribution < 1.29 is 9.18 Å². The third-order valence-corrected chi connectivity index (χ3v) is 3.66. The van der Waals surface area contributed by atoms with Gasteiger partial charge >= 0.3 is 0 Å². The highest BCUT2D eigenvalue weighted by atomic mass is 32.1. The van der Waals surface area contributed by atoms with Crippen LogP contribution in [-0.2, 0) is 0 Å². The summed E-state index contributed by atoms with van der Waals surface area (Å²) in [6.45, 7) is 1.93. The molecule has 0 aliphatic carbocycles. The Kier molecular flexibility index (Phi) is 3.84. The highest BCUT2D eigenvalue weighted by Gasteiger charge is 2.11. The van der Waals surface area contributed by atoms with Gasteiger partial charge in [0, 0.05) is 17.1 Å². The number of nitrogens with zero attached hydrogens (tertiary/aromatic N) is 2. The molecule has 0 radical (unpaired) electrons. The highest BCUT2D eigenvalue weighted by molar-refractivity contribution is 7.09. The topological polar surface area (TPSA) is 82.7 Å². The average Bonchev–Trinajstić information content (AvgIpc) is 3.15. The lowest BCUT2D eigenvalue weighted by Crippen LogP contribution is -2.29. The number of carbonyl (C=O) groups is 1. The third-order valence-electron chi connectivity index (χ3n) is 2.89. The second-order valence-electron chi connectivity index (χ2n) is 4.50. The van der Waals surface area contributed by atoms with E-state index in [4.69, 9.17) is 0 Å². The van der Waals surface area contributed by atoms with Crippen LogP contribution in [0.15, 0.2) is 36.0 Å². The number of rotatable bonds is 4. The van der Waals surface area contributed by atoms with Crippen molar-refractivity contribution in [1.82, 2.24) is 20.4 Å². The van der Waals surface area contributed by atoms with E-state index < -0.39 is 5.95 Å². The number of anilines is 1. The second kappa shape index (κ2) is 5.94. The van der Waals surface area contributed by atoms with Gasteiger partial charge in [0.1, 0.15) is 5.69 Å². The molecule has 0 spiro atoms. The van der Waals surface area contributed by atoms with E-state index in [9.17, 15) is 9.18 Å². The monoisotopic (exact) mass is 317 g/mol. The van der Waals surface area contributed by atoms with Gasteiger partial charge in [-0.05, 0) is 25.1 Å². The van der Waals surface area contributed by atoms with Crippen molar-refractivity contribution in [1.29, 1.82) is 0 Å². The van der Waals surface area contributed by atoms with Gasteiger partial charge in [0.25, 0.3) is 5.91 Å². The average molecular weight is 317 g/mol. The predicted octanol–water partition coefficient (Wildman–Crippen LogP) is 2.74. The predicted molar refractivity (Wildman–Crippen MR) is 81.9 cm³/mol. The van der Waals surface area contributed by atoms with Crippen molar-refractivity contribution in [3.05, 3.63) is 52.6 Å². The minimum Gasteiger partial charge on any atom is -0.356 e. The van der Waals surface area contributed by atoms with Crippen molar-refractivity contribution in [2.24, 2.45) is 0 Å². The van der Waals surface area contributed by atoms with E-state index in [0.29, 0.717) is 11.4 Å². The molecule has 3 heterocycles. The van der Waals surface area contributed by atoms with E-state index in [1.807, 2.05) is 12.3 Å². The molecule has 3 rings (SSSR count). The lowest BCUT2D eigenvalue weighted by Gasteiger charge is -2.06. The molecule has 0 saturated carbocycles. The Morgan fingerprint density at radius 1 is 1.41 bits per heavy atom. The zero-order valence-electron chi connectivity index (χ0n) is 11.6. The maximum Gasteiger partial charge on any atom is 0.286 e. The van der Waals surface area contributed by atoms with Crippen molar-refractivity contribution in [2.75, 3.05) is 5.43 Å². The summed E-state index contributed by atoms with van der Waals surface area (Å²) in [5.74, 6) is -0.924. The number of aromatic nitrogens is 3. The summed E-state index contributed by atoms with van der Waals surface area (Å²) in [6, 6.07) is 4.39. The lowest BCUT2D eigenvalue weighted by molar-refractivity contribution is 0.0958. The number of H-pyrrole nitrogens is 1. The van der Waals surface area contributed by atoms with Gasteiger partial charge in [0.15, 0.2) is 0 Å². The zero-order valence-corrected chi connectivity index (χ0v) is 12.4. The van der Waals surface area contributed by atoms with Crippen molar-refractivity contribution in [3.63, 3.8) is 0 Å². The molecule has 3 aromatic heterocycles. The maximum atomic E-state index is 12.7. The summed E-state index contributed by atoms with van der Waals surface area (Å²) in [5, 5.41) is 2.90. The van der Waals surface area contributed by atoms with Gasteiger partial charge in [-0.3, -0.25) is 15.6 Å². The Labute approximate surface area is 129 Å². The van der Waals surface area contributed by atoms with Crippen LogP contribution in [0.5, 0.6) is 0 Å². The number of amides is 1. The van der Waals surface area contributed by atoms with Crippen LogP contribution in [0.4, 0.5) is 10.1 Å². The Bertz CT molecular complexity index is 796. The van der Waals surface area contributed by atoms with E-state index in [2.05, 4.69) is 25.8 Å². The molecule has 0 aliphatic rings. The van der Waals surface area contributed by atoms with Gasteiger partial charge in [-0.2, -0.15) is 4.39 Å². The Morgan fingerprint density at radius 2 is 2.27 bits per heavy atom. The second-order valence-corrected chi connectivity index (χ2v) is 5.56. The first-order valence-electron chi connectivity index (χ1n) is 6.40. The van der Waals surface area contributed by atoms with Gasteiger partial charge in [-0.15, -0.1) is 11.3 Å². The highest BCUT2D eigenvalue weighted by Crippen LogP contribution is 2.22. The largest absolute Gasteiger partial charge is 0.356 e. The standard InChI is InChI=1S/C14H12FN5OS/c1-8-18-12(7-22-8)9-4-11(16-5-9)14(21)20-19-10-2-3-13(15)17-6-10/h2-7,16,19H,1H3,(H,20,21). The molecule has 3 aromatic rings. The zero-order chi connectivity index (χ0) is 15.5. The molecule has 0 saturated heterocycles. The van der Waals surface area contributed by atoms with E-state index in [1.54, 1.807) is 23.6 Å². The van der Waals surface area contributed by atoms with Gasteiger partial charge in [0.05, 0.1) is 22.6 Å². The Hall–Kier alpha value is -2.74. The number of pyridine rings is 1. The SMILES string of the molecule is Cc1nc(-c2c[nH]c(C(=O)NNc3ccc(F)nc3)c2)cs1. The lowest BCUT2D eigenvalue weighted by atomic mass is 10.2. The van der Waals surface area contributed by atoms with Crippen LogP contribution >= 0.6 is 11.3 Å². The first-order valence-corrected chi connectivity index (χ1v) is 7.28. The first-order chi connectivity index (χ1) is 10.6. The van der Waals surface area contributed by atoms with Gasteiger partial charge in [-0.1, -0.05) is 0 Å². The van der Waals surface area contributed by atoms with Crippen LogP contribution in [-0.4, -0.2) is 20.9 Å². The maximum absolute atomic E-state index is 12.7. The molecular weight excluding hydrogens is 305 g/mol. The molecule has 22 heavy (non-hydrogen) atoms. The quantitative estimate of drug-likeness (QED) is 0.510. The van der Waals surface area contributed by atoms with Crippen LogP contribution in [0.3, 0.4) is 0 Å². The Morgan fingerprint density at radius 3 is 2.95 bits per heavy atom. The van der Waals surface area contributed by atoms with Crippen LogP contribution in [0.25, 0.3) is 11.3 Å². The van der Waals surface area contributed by atoms with Crippen molar-refractivity contribution in [3.8, 4) is 11.3 Å². The van der Waals surface area contributed by atoms with E-state index in [1.165, 1.54) is 18.3 Å². The normalized spacial score (nSPS) is 10.5. The number of aromatic amines is 1. The molecular formula is C14H12FN5OS. The fourth-order valence-electron chi connectivity index (χ4n) is 1.82. The summed E-state index contributed by atoms with van der Waals surface area (Å²) >= 11 is 1.55. The number of carbonyl (C=O) groups excluding carboxylic acids is 1. The number of halogens is 1. The first kappa shape index (κ1) is 14.2. The molecule has 0 aliphatic heterocycles. The number of hydrogen-bond acceptors (Lipinski definition) is 5. The van der Waals surface area contributed by atoms with Crippen LogP contribution < -0.4 is 10.9 Å². The molecule has 0 fully saturated rings. The Balaban J connectivity index is 1.65. The summed E-state index contributed by atoms with van der Waals surface area (Å²) in [4.78, 5) is 22.8. The molecule has 3 N–H and O–H groups in total. The van der Waals surface area contributed by atoms with E-state index >= 15 is 0 Å². The number of aryl methyl sites for hydroxylation is 1. The van der Waals surface area contributed by atoms with Crippen molar-refractivity contribution >= 4 is 22.9 Å². The summed E-state index contributed by atoms with van der Waals surface area (Å²) in [7, 11) is 0. The van der Waals surface area contributed by atoms with Crippen LogP contribution in [0.1, 0.15) is 15.5 Å². The van der Waals surface area contributed by atoms with Gasteiger partial charge in [-0.25, -0.2) is 9.97 Å². The number of nitrogens with one attached hydrogen (secondary N) is 3. The van der Waals surface area contributed by atoms with Crippen molar-refractivity contribution in [2.45, 2.75) is 6.92 Å². The van der Waals surface area contributed by atoms with Gasteiger partial charge < -0.3 is 4.98 Å². The number of thiazole rings is 1. The van der Waals surface area contributed by atoms with Crippen LogP contribution in [0.2, 0.25) is 0 Å². The molecule has 6 nitrogen and oxygen atoms in total. The molecule has 112 valence electrons. The van der Waals surface area contributed by atoms with Crippen LogP contribution in [0, 0.1) is 12.9 Å². The molecule has 0 aromatic carbocycles. The van der Waals surface area contributed by atoms with E-state index in [-0.39, 0.29) is 5.91 Å². The molecule has 0 unspecified atom stereocenters. The third kappa shape index (κ3) is 3.12. The molecule has 8 heteroatoms.